The molecule has 1 atom stereocenters. The van der Waals surface area contributed by atoms with E-state index in [1.165, 1.54) is 6.92 Å². The van der Waals surface area contributed by atoms with E-state index in [4.69, 9.17) is 17.3 Å². The summed E-state index contributed by atoms with van der Waals surface area (Å²) in [4.78, 5) is 14.2. The average molecular weight is 357 g/mol. The predicted molar refractivity (Wildman–Crippen MR) is 111 cm³/mol. The van der Waals surface area contributed by atoms with Gasteiger partial charge in [-0.2, -0.15) is 0 Å². The largest absolute Gasteiger partial charge is 0.361 e. The van der Waals surface area contributed by atoms with Gasteiger partial charge in [-0.25, -0.2) is 0 Å². The van der Waals surface area contributed by atoms with Crippen molar-refractivity contribution >= 4 is 28.3 Å². The fraction of sp³-hybridized carbons (Fsp3) is 0.550. The predicted octanol–water partition coefficient (Wildman–Crippen LogP) is 6.38. The maximum Gasteiger partial charge on any atom is 0.146 e. The second-order valence-electron chi connectivity index (χ2n) is 3.93. The number of benzene rings is 1. The number of aromatic nitrogens is 1. The molecule has 3 N–H and O–H groups in total. The van der Waals surface area contributed by atoms with Crippen molar-refractivity contribution in [3.8, 4) is 0 Å². The first-order valence-electron chi connectivity index (χ1n) is 9.09. The number of H-pyrrole nitrogens is 1. The first-order chi connectivity index (χ1) is 11.6. The van der Waals surface area contributed by atoms with Crippen LogP contribution in [0.4, 0.5) is 0 Å². The number of carbonyl (C=O) groups excluding carboxylic acids is 1. The van der Waals surface area contributed by atoms with E-state index in [0.29, 0.717) is 11.4 Å². The van der Waals surface area contributed by atoms with Gasteiger partial charge in [0.15, 0.2) is 0 Å². The number of Topliss-reactive ketones (excluding diaryl/α,β-unsaturated/α-hetero) is 1. The number of fused-ring (bicyclic) bond motifs is 1. The number of nitrogens with one attached hydrogen (secondary N) is 1. The lowest BCUT2D eigenvalue weighted by atomic mass is 10.0. The van der Waals surface area contributed by atoms with Gasteiger partial charge in [-0.3, -0.25) is 4.79 Å². The van der Waals surface area contributed by atoms with E-state index < -0.39 is 6.04 Å². The molecule has 4 heteroatoms. The summed E-state index contributed by atoms with van der Waals surface area (Å²) >= 11 is 5.93. The van der Waals surface area contributed by atoms with Gasteiger partial charge in [-0.1, -0.05) is 67.0 Å². The summed E-state index contributed by atoms with van der Waals surface area (Å²) in [5.41, 5.74) is 7.78. The van der Waals surface area contributed by atoms with Gasteiger partial charge < -0.3 is 10.7 Å². The summed E-state index contributed by atoms with van der Waals surface area (Å²) in [5.74, 6) is -0.00335. The molecule has 1 unspecified atom stereocenters. The van der Waals surface area contributed by atoms with Crippen molar-refractivity contribution in [2.45, 2.75) is 74.8 Å². The summed E-state index contributed by atoms with van der Waals surface area (Å²) < 4.78 is 0. The highest BCUT2D eigenvalue weighted by molar-refractivity contribution is 6.31. The molecule has 0 fully saturated rings. The maximum atomic E-state index is 11.1. The lowest BCUT2D eigenvalue weighted by Crippen LogP contribution is -2.30. The topological polar surface area (TPSA) is 58.9 Å². The van der Waals surface area contributed by atoms with Crippen molar-refractivity contribution in [3.05, 3.63) is 35.0 Å². The summed E-state index contributed by atoms with van der Waals surface area (Å²) in [5, 5.41) is 1.72. The number of halogens is 1. The minimum Gasteiger partial charge on any atom is -0.361 e. The molecule has 0 saturated heterocycles. The third-order valence-corrected chi connectivity index (χ3v) is 2.93. The van der Waals surface area contributed by atoms with Gasteiger partial charge in [-0.05, 0) is 37.1 Å². The Morgan fingerprint density at radius 1 is 1.08 bits per heavy atom. The summed E-state index contributed by atoms with van der Waals surface area (Å²) in [6.45, 7) is 17.5. The van der Waals surface area contributed by atoms with Gasteiger partial charge in [-0.15, -0.1) is 0 Å². The van der Waals surface area contributed by atoms with Crippen molar-refractivity contribution in [1.82, 2.24) is 4.98 Å². The van der Waals surface area contributed by atoms with Gasteiger partial charge in [0, 0.05) is 22.1 Å². The quantitative estimate of drug-likeness (QED) is 0.669. The van der Waals surface area contributed by atoms with Crippen molar-refractivity contribution in [1.29, 1.82) is 0 Å². The molecule has 3 nitrogen and oxygen atoms in total. The third-order valence-electron chi connectivity index (χ3n) is 2.69. The zero-order chi connectivity index (χ0) is 19.7. The number of ketones is 1. The highest BCUT2D eigenvalue weighted by Crippen LogP contribution is 2.23. The van der Waals surface area contributed by atoms with Crippen molar-refractivity contribution in [2.75, 3.05) is 0 Å². The van der Waals surface area contributed by atoms with Crippen LogP contribution in [-0.2, 0) is 11.2 Å². The molecule has 0 radical (unpaired) electrons. The van der Waals surface area contributed by atoms with E-state index in [0.717, 1.165) is 16.5 Å². The van der Waals surface area contributed by atoms with Crippen molar-refractivity contribution < 1.29 is 4.79 Å². The highest BCUT2D eigenvalue weighted by atomic mass is 35.5. The molecule has 0 amide bonds. The number of nitrogens with two attached hydrogens (primary N) is 1. The van der Waals surface area contributed by atoms with E-state index in [2.05, 4.69) is 4.98 Å². The zero-order valence-corrected chi connectivity index (χ0v) is 17.7. The van der Waals surface area contributed by atoms with E-state index in [1.54, 1.807) is 0 Å². The van der Waals surface area contributed by atoms with Crippen LogP contribution in [0.5, 0.6) is 0 Å². The van der Waals surface area contributed by atoms with Gasteiger partial charge in [0.25, 0.3) is 0 Å². The Morgan fingerprint density at radius 2 is 1.58 bits per heavy atom. The Hall–Kier alpha value is -1.32. The second-order valence-corrected chi connectivity index (χ2v) is 4.36. The molecule has 0 spiro atoms. The van der Waals surface area contributed by atoms with Crippen LogP contribution in [0.25, 0.3) is 10.9 Å². The van der Waals surface area contributed by atoms with Crippen LogP contribution in [0.3, 0.4) is 0 Å². The van der Waals surface area contributed by atoms with Crippen LogP contribution in [0.1, 0.15) is 67.9 Å². The third kappa shape index (κ3) is 9.74. The fourth-order valence-electron chi connectivity index (χ4n) is 1.70. The van der Waals surface area contributed by atoms with E-state index in [-0.39, 0.29) is 5.78 Å². The molecule has 1 heterocycles. The molecular formula is C20H37ClN2O. The smallest absolute Gasteiger partial charge is 0.146 e. The molecule has 0 bridgehead atoms. The molecule has 24 heavy (non-hydrogen) atoms. The molecule has 0 aliphatic carbocycles. The molecule has 0 saturated carbocycles. The van der Waals surface area contributed by atoms with Crippen LogP contribution in [0.2, 0.25) is 5.02 Å². The number of aromatic amines is 1. The minimum absolute atomic E-state index is 0.00335. The van der Waals surface area contributed by atoms with Crippen LogP contribution in [-0.4, -0.2) is 16.8 Å². The molecule has 2 aromatic rings. The van der Waals surface area contributed by atoms with Gasteiger partial charge >= 0.3 is 0 Å². The summed E-state index contributed by atoms with van der Waals surface area (Å²) in [7, 11) is 0. The molecule has 0 aliphatic rings. The first kappa shape index (κ1) is 27.5. The van der Waals surface area contributed by atoms with E-state index in [9.17, 15) is 4.79 Å². The number of rotatable bonds is 3. The maximum absolute atomic E-state index is 11.1. The standard InChI is InChI=1S/C12H13ClN2O.4C2H6/c1-7(16)11(14)4-8-6-15-12-3-2-9(13)5-10(8)12;4*1-2/h2-3,5-6,11,15H,4,14H2,1H3;4*1-2H3. The molecule has 1 aromatic carbocycles. The monoisotopic (exact) mass is 356 g/mol. The molecule has 140 valence electrons. The number of carbonyl (C=O) groups is 1. The van der Waals surface area contributed by atoms with Gasteiger partial charge in [0.2, 0.25) is 0 Å². The SMILES string of the molecule is CC.CC.CC.CC.CC(=O)C(N)Cc1c[nH]c2ccc(Cl)cc12. The average Bonchev–Trinajstić information content (AvgIpc) is 3.04. The van der Waals surface area contributed by atoms with Crippen LogP contribution in [0.15, 0.2) is 24.4 Å². The van der Waals surface area contributed by atoms with Crippen LogP contribution < -0.4 is 5.73 Å². The lowest BCUT2D eigenvalue weighted by Gasteiger charge is -2.06. The molecule has 1 aromatic heterocycles. The Morgan fingerprint density at radius 3 is 2.04 bits per heavy atom. The summed E-state index contributed by atoms with van der Waals surface area (Å²) in [6, 6.07) is 5.18. The Kier molecular flexibility index (Phi) is 20.7. The molecule has 0 aliphatic heterocycles. The van der Waals surface area contributed by atoms with Crippen LogP contribution >= 0.6 is 11.6 Å². The minimum atomic E-state index is -0.446. The van der Waals surface area contributed by atoms with E-state index in [1.807, 2.05) is 79.8 Å². The number of hydrogen-bond acceptors (Lipinski definition) is 2. The summed E-state index contributed by atoms with van der Waals surface area (Å²) in [6.07, 6.45) is 2.42. The Labute approximate surface area is 154 Å². The highest BCUT2D eigenvalue weighted by Gasteiger charge is 2.12. The lowest BCUT2D eigenvalue weighted by molar-refractivity contribution is -0.118. The van der Waals surface area contributed by atoms with Crippen LogP contribution in [0, 0.1) is 0 Å². The first-order valence-corrected chi connectivity index (χ1v) is 9.47. The Bertz CT molecular complexity index is 535. The van der Waals surface area contributed by atoms with E-state index >= 15 is 0 Å². The number of hydrogen-bond donors (Lipinski definition) is 2. The zero-order valence-electron chi connectivity index (χ0n) is 17.0. The normalized spacial score (nSPS) is 9.62. The van der Waals surface area contributed by atoms with Gasteiger partial charge in [0.05, 0.1) is 6.04 Å². The molecular weight excluding hydrogens is 320 g/mol. The van der Waals surface area contributed by atoms with Gasteiger partial charge in [0.1, 0.15) is 5.78 Å². The Balaban J connectivity index is -0.000000484. The fourth-order valence-corrected chi connectivity index (χ4v) is 1.87. The van der Waals surface area contributed by atoms with Crippen molar-refractivity contribution in [2.24, 2.45) is 5.73 Å². The molecule has 2 rings (SSSR count). The van der Waals surface area contributed by atoms with Crippen molar-refractivity contribution in [3.63, 3.8) is 0 Å². The second kappa shape index (κ2) is 18.0.